The molecule has 0 bridgehead atoms. The van der Waals surface area contributed by atoms with E-state index >= 15 is 0 Å². The molecule has 4 nitrogen and oxygen atoms in total. The molecule has 1 aromatic heterocycles. The molecule has 0 fully saturated rings. The van der Waals surface area contributed by atoms with Crippen molar-refractivity contribution in [2.45, 2.75) is 20.8 Å². The highest BCUT2D eigenvalue weighted by Gasteiger charge is 2.11. The van der Waals surface area contributed by atoms with Gasteiger partial charge in [-0.3, -0.25) is 0 Å². The van der Waals surface area contributed by atoms with Crippen molar-refractivity contribution in [3.63, 3.8) is 0 Å². The van der Waals surface area contributed by atoms with Gasteiger partial charge in [0.25, 0.3) is 0 Å². The standard InChI is InChI=1S/C15H19NO3S/c1-5-12(18-6-2)9-8-11(4)14-16-13(10-20-14)15(17)19-7-3/h5,8-10H,1,6-7H2,2-4H3/b11-8+,12-9+. The lowest BCUT2D eigenvalue weighted by atomic mass is 10.2. The summed E-state index contributed by atoms with van der Waals surface area (Å²) >= 11 is 1.41. The Hall–Kier alpha value is -1.88. The quantitative estimate of drug-likeness (QED) is 0.435. The van der Waals surface area contributed by atoms with Crippen molar-refractivity contribution in [3.05, 3.63) is 46.6 Å². The molecule has 0 saturated heterocycles. The van der Waals surface area contributed by atoms with Crippen LogP contribution in [0.3, 0.4) is 0 Å². The number of carbonyl (C=O) groups is 1. The van der Waals surface area contributed by atoms with Crippen LogP contribution in [-0.4, -0.2) is 24.2 Å². The molecular weight excluding hydrogens is 274 g/mol. The Morgan fingerprint density at radius 2 is 2.05 bits per heavy atom. The Balaban J connectivity index is 2.84. The zero-order valence-electron chi connectivity index (χ0n) is 12.0. The highest BCUT2D eigenvalue weighted by Crippen LogP contribution is 2.20. The lowest BCUT2D eigenvalue weighted by molar-refractivity contribution is 0.0520. The molecule has 0 radical (unpaired) electrons. The van der Waals surface area contributed by atoms with Gasteiger partial charge in [0.2, 0.25) is 0 Å². The van der Waals surface area contributed by atoms with Gasteiger partial charge in [-0.1, -0.05) is 12.7 Å². The van der Waals surface area contributed by atoms with Gasteiger partial charge in [-0.2, -0.15) is 0 Å². The first-order valence-corrected chi connectivity index (χ1v) is 7.27. The maximum absolute atomic E-state index is 11.5. The van der Waals surface area contributed by atoms with Gasteiger partial charge in [-0.05, 0) is 38.5 Å². The molecule has 1 aromatic rings. The topological polar surface area (TPSA) is 48.4 Å². The van der Waals surface area contributed by atoms with Gasteiger partial charge in [0.15, 0.2) is 5.69 Å². The fourth-order valence-electron chi connectivity index (χ4n) is 1.37. The van der Waals surface area contributed by atoms with Crippen molar-refractivity contribution in [1.82, 2.24) is 4.98 Å². The van der Waals surface area contributed by atoms with E-state index in [1.165, 1.54) is 11.3 Å². The molecule has 0 aromatic carbocycles. The number of rotatable bonds is 7. The Morgan fingerprint density at radius 1 is 1.35 bits per heavy atom. The van der Waals surface area contributed by atoms with Crippen molar-refractivity contribution in [2.24, 2.45) is 0 Å². The Bertz CT molecular complexity index is 529. The van der Waals surface area contributed by atoms with Crippen LogP contribution in [0.5, 0.6) is 0 Å². The van der Waals surface area contributed by atoms with Gasteiger partial charge in [-0.25, -0.2) is 9.78 Å². The van der Waals surface area contributed by atoms with Crippen LogP contribution >= 0.6 is 11.3 Å². The van der Waals surface area contributed by atoms with Crippen molar-refractivity contribution in [1.29, 1.82) is 0 Å². The van der Waals surface area contributed by atoms with E-state index in [1.54, 1.807) is 18.4 Å². The smallest absolute Gasteiger partial charge is 0.357 e. The Labute approximate surface area is 123 Å². The maximum atomic E-state index is 11.5. The SMILES string of the molecule is C=C/C(=C\C=C(/C)c1nc(C(=O)OCC)cs1)OCC. The van der Waals surface area contributed by atoms with Gasteiger partial charge in [0.1, 0.15) is 10.8 Å². The minimum Gasteiger partial charge on any atom is -0.494 e. The molecule has 0 N–H and O–H groups in total. The first-order chi connectivity index (χ1) is 9.62. The molecule has 1 heterocycles. The fourth-order valence-corrected chi connectivity index (χ4v) is 2.15. The number of carbonyl (C=O) groups excluding carboxylic acids is 1. The van der Waals surface area contributed by atoms with E-state index in [4.69, 9.17) is 9.47 Å². The van der Waals surface area contributed by atoms with Crippen molar-refractivity contribution >= 4 is 22.9 Å². The molecule has 20 heavy (non-hydrogen) atoms. The molecule has 0 unspecified atom stereocenters. The van der Waals surface area contributed by atoms with Gasteiger partial charge >= 0.3 is 5.97 Å². The number of hydrogen-bond acceptors (Lipinski definition) is 5. The third kappa shape index (κ3) is 4.66. The van der Waals surface area contributed by atoms with Crippen LogP contribution in [0.15, 0.2) is 35.9 Å². The number of allylic oxidation sites excluding steroid dienone is 4. The summed E-state index contributed by atoms with van der Waals surface area (Å²) < 4.78 is 10.3. The van der Waals surface area contributed by atoms with E-state index < -0.39 is 0 Å². The molecule has 0 saturated carbocycles. The van der Waals surface area contributed by atoms with Crippen LogP contribution in [0.1, 0.15) is 36.3 Å². The second kappa shape index (κ2) is 8.32. The van der Waals surface area contributed by atoms with Gasteiger partial charge in [-0.15, -0.1) is 11.3 Å². The van der Waals surface area contributed by atoms with E-state index in [1.807, 2.05) is 26.0 Å². The Kier molecular flexibility index (Phi) is 6.73. The third-order valence-corrected chi connectivity index (χ3v) is 3.31. The number of aromatic nitrogens is 1. The van der Waals surface area contributed by atoms with E-state index in [0.29, 0.717) is 24.7 Å². The van der Waals surface area contributed by atoms with Crippen LogP contribution in [0.25, 0.3) is 5.57 Å². The van der Waals surface area contributed by atoms with Gasteiger partial charge in [0, 0.05) is 5.38 Å². The molecule has 0 aliphatic heterocycles. The summed E-state index contributed by atoms with van der Waals surface area (Å²) in [5.74, 6) is 0.313. The molecule has 0 aliphatic carbocycles. The summed E-state index contributed by atoms with van der Waals surface area (Å²) in [6.45, 7) is 10.2. The fraction of sp³-hybridized carbons (Fsp3) is 0.333. The second-order valence-corrected chi connectivity index (χ2v) is 4.67. The average Bonchev–Trinajstić information content (AvgIpc) is 2.93. The van der Waals surface area contributed by atoms with Crippen molar-refractivity contribution < 1.29 is 14.3 Å². The zero-order chi connectivity index (χ0) is 15.0. The van der Waals surface area contributed by atoms with Crippen LogP contribution in [0.2, 0.25) is 0 Å². The largest absolute Gasteiger partial charge is 0.494 e. The van der Waals surface area contributed by atoms with E-state index in [2.05, 4.69) is 11.6 Å². The van der Waals surface area contributed by atoms with Gasteiger partial charge in [0.05, 0.1) is 13.2 Å². The number of hydrogen-bond donors (Lipinski definition) is 0. The summed E-state index contributed by atoms with van der Waals surface area (Å²) in [5.41, 5.74) is 1.29. The van der Waals surface area contributed by atoms with E-state index in [9.17, 15) is 4.79 Å². The number of thiazole rings is 1. The molecule has 0 amide bonds. The van der Waals surface area contributed by atoms with Crippen LogP contribution < -0.4 is 0 Å². The third-order valence-electron chi connectivity index (χ3n) is 2.34. The molecule has 0 spiro atoms. The summed E-state index contributed by atoms with van der Waals surface area (Å²) in [6, 6.07) is 0. The number of ether oxygens (including phenoxy) is 2. The predicted molar refractivity (Wildman–Crippen MR) is 81.6 cm³/mol. The number of esters is 1. The monoisotopic (exact) mass is 293 g/mol. The molecule has 0 atom stereocenters. The maximum Gasteiger partial charge on any atom is 0.357 e. The highest BCUT2D eigenvalue weighted by molar-refractivity contribution is 7.11. The first-order valence-electron chi connectivity index (χ1n) is 6.39. The van der Waals surface area contributed by atoms with E-state index in [-0.39, 0.29) is 5.97 Å². The molecule has 0 aliphatic rings. The molecule has 1 rings (SSSR count). The van der Waals surface area contributed by atoms with Crippen LogP contribution in [-0.2, 0) is 9.47 Å². The summed E-state index contributed by atoms with van der Waals surface area (Å²) in [5, 5.41) is 2.48. The summed E-state index contributed by atoms with van der Waals surface area (Å²) in [7, 11) is 0. The summed E-state index contributed by atoms with van der Waals surface area (Å²) in [4.78, 5) is 15.8. The van der Waals surface area contributed by atoms with Gasteiger partial charge < -0.3 is 9.47 Å². The number of nitrogens with zero attached hydrogens (tertiary/aromatic N) is 1. The normalized spacial score (nSPS) is 12.2. The minimum absolute atomic E-state index is 0.345. The lowest BCUT2D eigenvalue weighted by Gasteiger charge is -2.01. The lowest BCUT2D eigenvalue weighted by Crippen LogP contribution is -2.04. The zero-order valence-corrected chi connectivity index (χ0v) is 12.8. The predicted octanol–water partition coefficient (Wildman–Crippen LogP) is 3.83. The molecule has 5 heteroatoms. The second-order valence-electron chi connectivity index (χ2n) is 3.81. The summed E-state index contributed by atoms with van der Waals surface area (Å²) in [6.07, 6.45) is 5.37. The van der Waals surface area contributed by atoms with Crippen molar-refractivity contribution in [2.75, 3.05) is 13.2 Å². The minimum atomic E-state index is -0.389. The van der Waals surface area contributed by atoms with Crippen LogP contribution in [0, 0.1) is 0 Å². The van der Waals surface area contributed by atoms with Crippen LogP contribution in [0.4, 0.5) is 0 Å². The average molecular weight is 293 g/mol. The first kappa shape index (κ1) is 16.2. The van der Waals surface area contributed by atoms with Crippen molar-refractivity contribution in [3.8, 4) is 0 Å². The molecule has 108 valence electrons. The van der Waals surface area contributed by atoms with E-state index in [0.717, 1.165) is 10.6 Å². The highest BCUT2D eigenvalue weighted by atomic mass is 32.1. The Morgan fingerprint density at radius 3 is 2.65 bits per heavy atom. The molecular formula is C15H19NO3S.